The Morgan fingerprint density at radius 1 is 1.22 bits per heavy atom. The van der Waals surface area contributed by atoms with E-state index in [9.17, 15) is 0 Å². The second-order valence-corrected chi connectivity index (χ2v) is 4.68. The molecule has 3 nitrogen and oxygen atoms in total. The maximum Gasteiger partial charge on any atom is 0.131 e. The van der Waals surface area contributed by atoms with Crippen molar-refractivity contribution in [2.75, 3.05) is 5.73 Å². The van der Waals surface area contributed by atoms with E-state index >= 15 is 0 Å². The number of hydrogen-bond acceptors (Lipinski definition) is 2. The van der Waals surface area contributed by atoms with Gasteiger partial charge in [0.1, 0.15) is 17.3 Å². The average Bonchev–Trinajstić information content (AvgIpc) is 2.66. The molecule has 0 radical (unpaired) electrons. The third-order valence-corrected chi connectivity index (χ3v) is 3.36. The van der Waals surface area contributed by atoms with Crippen LogP contribution in [0, 0.1) is 13.8 Å². The Morgan fingerprint density at radius 3 is 2.44 bits per heavy atom. The molecule has 0 aliphatic carbocycles. The number of imidazole rings is 1. The van der Waals surface area contributed by atoms with Gasteiger partial charge in [-0.05, 0) is 26.3 Å². The second-order valence-electron chi connectivity index (χ2n) is 4.68. The van der Waals surface area contributed by atoms with Crippen LogP contribution in [0.15, 0.2) is 18.2 Å². The van der Waals surface area contributed by atoms with Crippen LogP contribution in [0.1, 0.15) is 30.8 Å². The number of aromatic nitrogens is 2. The van der Waals surface area contributed by atoms with Crippen molar-refractivity contribution in [1.29, 1.82) is 0 Å². The molecular weight excluding hydrogens is 222 g/mol. The van der Waals surface area contributed by atoms with Gasteiger partial charge in [0.2, 0.25) is 0 Å². The van der Waals surface area contributed by atoms with Crippen LogP contribution in [0.5, 0.6) is 0 Å². The summed E-state index contributed by atoms with van der Waals surface area (Å²) in [5.41, 5.74) is 10.8. The molecular formula is C15H21N3. The number of hydrogen-bond donors (Lipinski definition) is 1. The fourth-order valence-electron chi connectivity index (χ4n) is 2.41. The van der Waals surface area contributed by atoms with Crippen molar-refractivity contribution >= 4 is 5.82 Å². The SMILES string of the molecule is CCc1nc(-c2ccc(C)cc2C)c(N)n1CC. The van der Waals surface area contributed by atoms with E-state index in [1.807, 2.05) is 0 Å². The second kappa shape index (κ2) is 4.84. The number of anilines is 1. The average molecular weight is 243 g/mol. The molecule has 0 unspecified atom stereocenters. The van der Waals surface area contributed by atoms with Gasteiger partial charge in [0.25, 0.3) is 0 Å². The lowest BCUT2D eigenvalue weighted by atomic mass is 10.0. The molecule has 0 aliphatic rings. The zero-order valence-electron chi connectivity index (χ0n) is 11.6. The van der Waals surface area contributed by atoms with Crippen LogP contribution in [0.2, 0.25) is 0 Å². The zero-order valence-corrected chi connectivity index (χ0v) is 11.6. The van der Waals surface area contributed by atoms with Gasteiger partial charge in [-0.2, -0.15) is 0 Å². The molecule has 18 heavy (non-hydrogen) atoms. The maximum atomic E-state index is 6.23. The lowest BCUT2D eigenvalue weighted by molar-refractivity contribution is 0.713. The molecule has 0 amide bonds. The summed E-state index contributed by atoms with van der Waals surface area (Å²) in [6, 6.07) is 6.40. The first-order valence-electron chi connectivity index (χ1n) is 6.51. The normalized spacial score (nSPS) is 10.9. The molecule has 1 aromatic carbocycles. The van der Waals surface area contributed by atoms with Gasteiger partial charge in [0, 0.05) is 18.5 Å². The molecule has 2 rings (SSSR count). The number of nitrogen functional groups attached to an aromatic ring is 1. The van der Waals surface area contributed by atoms with Crippen molar-refractivity contribution in [1.82, 2.24) is 9.55 Å². The van der Waals surface area contributed by atoms with Crippen molar-refractivity contribution in [3.63, 3.8) is 0 Å². The molecule has 0 saturated heterocycles. The molecule has 0 saturated carbocycles. The van der Waals surface area contributed by atoms with Crippen LogP contribution in [-0.4, -0.2) is 9.55 Å². The smallest absolute Gasteiger partial charge is 0.131 e. The Hall–Kier alpha value is -1.77. The molecule has 1 aromatic heterocycles. The van der Waals surface area contributed by atoms with Gasteiger partial charge in [0.15, 0.2) is 0 Å². The van der Waals surface area contributed by atoms with Crippen molar-refractivity contribution in [3.8, 4) is 11.3 Å². The Balaban J connectivity index is 2.60. The Morgan fingerprint density at radius 2 is 1.94 bits per heavy atom. The number of nitrogens with two attached hydrogens (primary N) is 1. The molecule has 0 aliphatic heterocycles. The largest absolute Gasteiger partial charge is 0.383 e. The minimum absolute atomic E-state index is 0.779. The first-order valence-corrected chi connectivity index (χ1v) is 6.51. The first-order chi connectivity index (χ1) is 8.58. The van der Waals surface area contributed by atoms with E-state index in [2.05, 4.69) is 50.5 Å². The summed E-state index contributed by atoms with van der Waals surface area (Å²) in [5.74, 6) is 1.84. The van der Waals surface area contributed by atoms with Crippen molar-refractivity contribution in [2.45, 2.75) is 40.7 Å². The molecule has 0 fully saturated rings. The third-order valence-electron chi connectivity index (χ3n) is 3.36. The van der Waals surface area contributed by atoms with E-state index in [0.29, 0.717) is 0 Å². The van der Waals surface area contributed by atoms with Crippen LogP contribution in [0.25, 0.3) is 11.3 Å². The summed E-state index contributed by atoms with van der Waals surface area (Å²) < 4.78 is 2.09. The molecule has 0 atom stereocenters. The van der Waals surface area contributed by atoms with E-state index in [4.69, 9.17) is 10.7 Å². The Bertz CT molecular complexity index is 567. The predicted octanol–water partition coefficient (Wildman–Crippen LogP) is 3.33. The number of benzene rings is 1. The number of rotatable bonds is 3. The van der Waals surface area contributed by atoms with Crippen LogP contribution in [-0.2, 0) is 13.0 Å². The van der Waals surface area contributed by atoms with Crippen LogP contribution in [0.4, 0.5) is 5.82 Å². The monoisotopic (exact) mass is 243 g/mol. The Labute approximate surface area is 109 Å². The first kappa shape index (κ1) is 12.7. The molecule has 2 aromatic rings. The molecule has 3 heteroatoms. The fourth-order valence-corrected chi connectivity index (χ4v) is 2.41. The van der Waals surface area contributed by atoms with Gasteiger partial charge in [0.05, 0.1) is 0 Å². The van der Waals surface area contributed by atoms with Crippen molar-refractivity contribution in [3.05, 3.63) is 35.2 Å². The molecule has 2 N–H and O–H groups in total. The highest BCUT2D eigenvalue weighted by Gasteiger charge is 2.15. The van der Waals surface area contributed by atoms with Gasteiger partial charge in [-0.3, -0.25) is 0 Å². The summed E-state index contributed by atoms with van der Waals surface area (Å²) >= 11 is 0. The van der Waals surface area contributed by atoms with Crippen LogP contribution >= 0.6 is 0 Å². The van der Waals surface area contributed by atoms with Gasteiger partial charge in [-0.1, -0.05) is 30.7 Å². The third kappa shape index (κ3) is 2.01. The minimum atomic E-state index is 0.779. The van der Waals surface area contributed by atoms with E-state index in [0.717, 1.165) is 35.9 Å². The van der Waals surface area contributed by atoms with Crippen molar-refractivity contribution in [2.24, 2.45) is 0 Å². The van der Waals surface area contributed by atoms with E-state index in [1.165, 1.54) is 11.1 Å². The number of nitrogens with zero attached hydrogens (tertiary/aromatic N) is 2. The highest BCUT2D eigenvalue weighted by Crippen LogP contribution is 2.29. The van der Waals surface area contributed by atoms with Crippen LogP contribution in [0.3, 0.4) is 0 Å². The molecule has 1 heterocycles. The standard InChI is InChI=1S/C15H21N3/c1-5-13-17-14(15(16)18(13)6-2)12-8-7-10(3)9-11(12)4/h7-9H,5-6,16H2,1-4H3. The van der Waals surface area contributed by atoms with Crippen molar-refractivity contribution < 1.29 is 0 Å². The van der Waals surface area contributed by atoms with Gasteiger partial charge in [-0.15, -0.1) is 0 Å². The summed E-state index contributed by atoms with van der Waals surface area (Å²) in [6.07, 6.45) is 0.906. The number of aryl methyl sites for hydroxylation is 3. The lowest BCUT2D eigenvalue weighted by Crippen LogP contribution is -2.04. The lowest BCUT2D eigenvalue weighted by Gasteiger charge is -2.07. The van der Waals surface area contributed by atoms with Gasteiger partial charge in [-0.25, -0.2) is 4.98 Å². The van der Waals surface area contributed by atoms with Gasteiger partial charge >= 0.3 is 0 Å². The van der Waals surface area contributed by atoms with Gasteiger partial charge < -0.3 is 10.3 Å². The molecule has 96 valence electrons. The summed E-state index contributed by atoms with van der Waals surface area (Å²) in [5, 5.41) is 0. The quantitative estimate of drug-likeness (QED) is 0.898. The Kier molecular flexibility index (Phi) is 3.41. The maximum absolute atomic E-state index is 6.23. The van der Waals surface area contributed by atoms with E-state index in [1.54, 1.807) is 0 Å². The van der Waals surface area contributed by atoms with Crippen LogP contribution < -0.4 is 5.73 Å². The topological polar surface area (TPSA) is 43.8 Å². The fraction of sp³-hybridized carbons (Fsp3) is 0.400. The molecule has 0 bridgehead atoms. The summed E-state index contributed by atoms with van der Waals surface area (Å²) in [4.78, 5) is 4.70. The summed E-state index contributed by atoms with van der Waals surface area (Å²) in [7, 11) is 0. The summed E-state index contributed by atoms with van der Waals surface area (Å²) in [6.45, 7) is 9.29. The zero-order chi connectivity index (χ0) is 13.3. The van der Waals surface area contributed by atoms with E-state index < -0.39 is 0 Å². The highest BCUT2D eigenvalue weighted by molar-refractivity contribution is 5.74. The molecule has 0 spiro atoms. The minimum Gasteiger partial charge on any atom is -0.383 e. The predicted molar refractivity (Wildman–Crippen MR) is 76.6 cm³/mol. The van der Waals surface area contributed by atoms with E-state index in [-0.39, 0.29) is 0 Å². The highest BCUT2D eigenvalue weighted by atomic mass is 15.1.